The van der Waals surface area contributed by atoms with Crippen LogP contribution in [0.5, 0.6) is 0 Å². The molecule has 0 aliphatic heterocycles. The van der Waals surface area contributed by atoms with E-state index in [1.165, 1.54) is 64.6 Å². The van der Waals surface area contributed by atoms with Gasteiger partial charge in [-0.2, -0.15) is 0 Å². The van der Waals surface area contributed by atoms with Crippen LogP contribution in [0.3, 0.4) is 0 Å². The van der Waals surface area contributed by atoms with Crippen molar-refractivity contribution in [2.75, 3.05) is 26.7 Å². The molecule has 0 unspecified atom stereocenters. The SMILES string of the molecule is CCCNCCCN(C)C1CCC(CC)CC1. The van der Waals surface area contributed by atoms with Gasteiger partial charge in [-0.25, -0.2) is 0 Å². The predicted octanol–water partition coefficient (Wildman–Crippen LogP) is 3.28. The van der Waals surface area contributed by atoms with Gasteiger partial charge in [0.2, 0.25) is 0 Å². The molecule has 0 heterocycles. The molecule has 0 amide bonds. The molecule has 0 atom stereocenters. The van der Waals surface area contributed by atoms with Crippen molar-refractivity contribution in [3.05, 3.63) is 0 Å². The van der Waals surface area contributed by atoms with Gasteiger partial charge in [-0.1, -0.05) is 20.3 Å². The summed E-state index contributed by atoms with van der Waals surface area (Å²) < 4.78 is 0. The summed E-state index contributed by atoms with van der Waals surface area (Å²) >= 11 is 0. The molecule has 1 rings (SSSR count). The maximum atomic E-state index is 3.48. The molecule has 0 aromatic rings. The molecule has 17 heavy (non-hydrogen) atoms. The standard InChI is InChI=1S/C15H32N2/c1-4-11-16-12-6-13-17(3)15-9-7-14(5-2)8-10-15/h14-16H,4-13H2,1-3H3. The molecule has 0 saturated heterocycles. The van der Waals surface area contributed by atoms with E-state index in [9.17, 15) is 0 Å². The first kappa shape index (κ1) is 15.0. The van der Waals surface area contributed by atoms with Gasteiger partial charge in [-0.15, -0.1) is 0 Å². The van der Waals surface area contributed by atoms with Crippen molar-refractivity contribution in [1.29, 1.82) is 0 Å². The molecule has 1 aliphatic rings. The molecule has 2 nitrogen and oxygen atoms in total. The molecule has 2 heteroatoms. The lowest BCUT2D eigenvalue weighted by molar-refractivity contribution is 0.162. The summed E-state index contributed by atoms with van der Waals surface area (Å²) in [6.45, 7) is 8.19. The fourth-order valence-electron chi connectivity index (χ4n) is 2.93. The predicted molar refractivity (Wildman–Crippen MR) is 76.4 cm³/mol. The highest BCUT2D eigenvalue weighted by Gasteiger charge is 2.22. The van der Waals surface area contributed by atoms with Gasteiger partial charge >= 0.3 is 0 Å². The Labute approximate surface area is 108 Å². The highest BCUT2D eigenvalue weighted by molar-refractivity contribution is 4.77. The Morgan fingerprint density at radius 1 is 1.06 bits per heavy atom. The van der Waals surface area contributed by atoms with Crippen molar-refractivity contribution in [3.63, 3.8) is 0 Å². The normalized spacial score (nSPS) is 25.4. The maximum absolute atomic E-state index is 3.48. The first-order valence-corrected chi connectivity index (χ1v) is 7.68. The van der Waals surface area contributed by atoms with E-state index in [2.05, 4.69) is 31.1 Å². The molecule has 1 N–H and O–H groups in total. The minimum Gasteiger partial charge on any atom is -0.317 e. The Bertz CT molecular complexity index is 174. The zero-order valence-electron chi connectivity index (χ0n) is 12.2. The molecule has 102 valence electrons. The van der Waals surface area contributed by atoms with Crippen molar-refractivity contribution >= 4 is 0 Å². The fourth-order valence-corrected chi connectivity index (χ4v) is 2.93. The monoisotopic (exact) mass is 240 g/mol. The highest BCUT2D eigenvalue weighted by Crippen LogP contribution is 2.28. The van der Waals surface area contributed by atoms with Crippen molar-refractivity contribution in [3.8, 4) is 0 Å². The van der Waals surface area contributed by atoms with Crippen LogP contribution in [0.25, 0.3) is 0 Å². The quantitative estimate of drug-likeness (QED) is 0.655. The molecule has 0 radical (unpaired) electrons. The smallest absolute Gasteiger partial charge is 0.00924 e. The van der Waals surface area contributed by atoms with Crippen molar-refractivity contribution in [2.24, 2.45) is 5.92 Å². The summed E-state index contributed by atoms with van der Waals surface area (Å²) in [5.41, 5.74) is 0. The Kier molecular flexibility index (Phi) is 7.87. The van der Waals surface area contributed by atoms with Crippen LogP contribution in [-0.2, 0) is 0 Å². The first-order valence-electron chi connectivity index (χ1n) is 7.68. The Hall–Kier alpha value is -0.0800. The van der Waals surface area contributed by atoms with Crippen molar-refractivity contribution < 1.29 is 0 Å². The van der Waals surface area contributed by atoms with Crippen LogP contribution in [0.2, 0.25) is 0 Å². The average molecular weight is 240 g/mol. The number of rotatable bonds is 8. The third kappa shape index (κ3) is 5.87. The minimum absolute atomic E-state index is 0.865. The lowest BCUT2D eigenvalue weighted by atomic mass is 9.84. The molecular weight excluding hydrogens is 208 g/mol. The van der Waals surface area contributed by atoms with Gasteiger partial charge in [-0.3, -0.25) is 0 Å². The molecule has 1 fully saturated rings. The zero-order valence-corrected chi connectivity index (χ0v) is 12.2. The second kappa shape index (κ2) is 8.93. The topological polar surface area (TPSA) is 15.3 Å². The summed E-state index contributed by atoms with van der Waals surface area (Å²) in [5, 5.41) is 3.48. The third-order valence-electron chi connectivity index (χ3n) is 4.31. The minimum atomic E-state index is 0.865. The van der Waals surface area contributed by atoms with Gasteiger partial charge < -0.3 is 10.2 Å². The van der Waals surface area contributed by atoms with E-state index in [1.54, 1.807) is 0 Å². The van der Waals surface area contributed by atoms with E-state index in [0.717, 1.165) is 12.0 Å². The molecule has 0 bridgehead atoms. The Balaban J connectivity index is 2.05. The summed E-state index contributed by atoms with van der Waals surface area (Å²) in [5.74, 6) is 1.02. The lowest BCUT2D eigenvalue weighted by Gasteiger charge is -2.34. The molecular formula is C15H32N2. The number of hydrogen-bond acceptors (Lipinski definition) is 2. The molecule has 0 spiro atoms. The number of nitrogens with one attached hydrogen (secondary N) is 1. The van der Waals surface area contributed by atoms with Gasteiger partial charge in [-0.05, 0) is 71.1 Å². The van der Waals surface area contributed by atoms with Gasteiger partial charge in [0, 0.05) is 6.04 Å². The number of nitrogens with zero attached hydrogens (tertiary/aromatic N) is 1. The number of hydrogen-bond donors (Lipinski definition) is 1. The van der Waals surface area contributed by atoms with Gasteiger partial charge in [0.15, 0.2) is 0 Å². The Morgan fingerprint density at radius 2 is 1.76 bits per heavy atom. The fraction of sp³-hybridized carbons (Fsp3) is 1.00. The summed E-state index contributed by atoms with van der Waals surface area (Å²) in [6, 6.07) is 0.865. The van der Waals surface area contributed by atoms with Crippen LogP contribution < -0.4 is 5.32 Å². The van der Waals surface area contributed by atoms with E-state index in [4.69, 9.17) is 0 Å². The van der Waals surface area contributed by atoms with E-state index in [1.807, 2.05) is 0 Å². The molecule has 1 saturated carbocycles. The van der Waals surface area contributed by atoms with E-state index < -0.39 is 0 Å². The van der Waals surface area contributed by atoms with Gasteiger partial charge in [0.05, 0.1) is 0 Å². The maximum Gasteiger partial charge on any atom is 0.00924 e. The average Bonchev–Trinajstić information content (AvgIpc) is 2.38. The van der Waals surface area contributed by atoms with Crippen molar-refractivity contribution in [2.45, 2.75) is 64.8 Å². The summed E-state index contributed by atoms with van der Waals surface area (Å²) in [4.78, 5) is 2.60. The van der Waals surface area contributed by atoms with Crippen LogP contribution in [-0.4, -0.2) is 37.6 Å². The van der Waals surface area contributed by atoms with E-state index in [-0.39, 0.29) is 0 Å². The van der Waals surface area contributed by atoms with Crippen LogP contribution in [0.4, 0.5) is 0 Å². The van der Waals surface area contributed by atoms with Crippen LogP contribution in [0.1, 0.15) is 58.8 Å². The first-order chi connectivity index (χ1) is 8.27. The second-order valence-corrected chi connectivity index (χ2v) is 5.67. The lowest BCUT2D eigenvalue weighted by Crippen LogP contribution is -2.36. The second-order valence-electron chi connectivity index (χ2n) is 5.67. The van der Waals surface area contributed by atoms with Crippen LogP contribution >= 0.6 is 0 Å². The summed E-state index contributed by atoms with van der Waals surface area (Å²) in [7, 11) is 2.32. The van der Waals surface area contributed by atoms with E-state index >= 15 is 0 Å². The van der Waals surface area contributed by atoms with Crippen LogP contribution in [0.15, 0.2) is 0 Å². The van der Waals surface area contributed by atoms with Crippen molar-refractivity contribution in [1.82, 2.24) is 10.2 Å². The molecule has 0 aromatic heterocycles. The van der Waals surface area contributed by atoms with E-state index in [0.29, 0.717) is 0 Å². The largest absolute Gasteiger partial charge is 0.317 e. The zero-order chi connectivity index (χ0) is 12.5. The highest BCUT2D eigenvalue weighted by atomic mass is 15.1. The molecule has 1 aliphatic carbocycles. The Morgan fingerprint density at radius 3 is 2.35 bits per heavy atom. The molecule has 0 aromatic carbocycles. The van der Waals surface area contributed by atoms with Crippen LogP contribution in [0, 0.1) is 5.92 Å². The van der Waals surface area contributed by atoms with Gasteiger partial charge in [0.1, 0.15) is 0 Å². The summed E-state index contributed by atoms with van der Waals surface area (Å²) in [6.07, 6.45) is 9.70. The third-order valence-corrected chi connectivity index (χ3v) is 4.31. The van der Waals surface area contributed by atoms with Gasteiger partial charge in [0.25, 0.3) is 0 Å².